The monoisotopic (exact) mass is 206 g/mol. The van der Waals surface area contributed by atoms with Crippen LogP contribution >= 0.6 is 0 Å². The standard InChI is InChI=1S/C13H22N2/c14-10-9-13(7-3-1-4-8-13)15-11-5-2-6-12-15/h1,3-4,7H,2,5-6,8-12,14H2. The lowest BCUT2D eigenvalue weighted by Crippen LogP contribution is -2.51. The fourth-order valence-electron chi connectivity index (χ4n) is 2.82. The van der Waals surface area contributed by atoms with Crippen LogP contribution < -0.4 is 5.73 Å². The summed E-state index contributed by atoms with van der Waals surface area (Å²) in [5.74, 6) is 0. The van der Waals surface area contributed by atoms with Crippen LogP contribution in [0.2, 0.25) is 0 Å². The number of rotatable bonds is 3. The van der Waals surface area contributed by atoms with Crippen LogP contribution in [0.25, 0.3) is 0 Å². The highest BCUT2D eigenvalue weighted by Gasteiger charge is 2.33. The first kappa shape index (κ1) is 10.9. The maximum absolute atomic E-state index is 5.77. The molecule has 1 heterocycles. The molecular weight excluding hydrogens is 184 g/mol. The Hall–Kier alpha value is -0.600. The number of piperidine rings is 1. The molecule has 1 aliphatic carbocycles. The van der Waals surface area contributed by atoms with Crippen LogP contribution in [0.3, 0.4) is 0 Å². The van der Waals surface area contributed by atoms with Crippen molar-refractivity contribution in [3.05, 3.63) is 24.3 Å². The molecule has 1 saturated heterocycles. The summed E-state index contributed by atoms with van der Waals surface area (Å²) in [6.45, 7) is 3.28. The summed E-state index contributed by atoms with van der Waals surface area (Å²) in [4.78, 5) is 2.64. The Morgan fingerprint density at radius 2 is 1.93 bits per heavy atom. The van der Waals surface area contributed by atoms with E-state index in [0.29, 0.717) is 0 Å². The van der Waals surface area contributed by atoms with Crippen molar-refractivity contribution in [3.63, 3.8) is 0 Å². The van der Waals surface area contributed by atoms with Gasteiger partial charge in [0.2, 0.25) is 0 Å². The minimum Gasteiger partial charge on any atom is -0.330 e. The minimum atomic E-state index is 0.240. The molecule has 0 aromatic heterocycles. The second-order valence-corrected chi connectivity index (χ2v) is 4.68. The average Bonchev–Trinajstić information content (AvgIpc) is 2.32. The van der Waals surface area contributed by atoms with E-state index in [-0.39, 0.29) is 5.54 Å². The fraction of sp³-hybridized carbons (Fsp3) is 0.692. The Bertz CT molecular complexity index is 251. The van der Waals surface area contributed by atoms with Gasteiger partial charge in [-0.25, -0.2) is 0 Å². The molecule has 0 aromatic rings. The van der Waals surface area contributed by atoms with Gasteiger partial charge in [0.05, 0.1) is 0 Å². The maximum Gasteiger partial charge on any atom is 0.0440 e. The van der Waals surface area contributed by atoms with Gasteiger partial charge >= 0.3 is 0 Å². The predicted molar refractivity (Wildman–Crippen MR) is 64.7 cm³/mol. The first-order valence-corrected chi connectivity index (χ1v) is 6.17. The van der Waals surface area contributed by atoms with Gasteiger partial charge in [0.15, 0.2) is 0 Å². The molecule has 1 unspecified atom stereocenters. The zero-order chi connectivity index (χ0) is 10.6. The number of allylic oxidation sites excluding steroid dienone is 2. The van der Waals surface area contributed by atoms with E-state index in [1.165, 1.54) is 32.4 Å². The predicted octanol–water partition coefficient (Wildman–Crippen LogP) is 2.08. The van der Waals surface area contributed by atoms with Crippen LogP contribution in [0.15, 0.2) is 24.3 Å². The van der Waals surface area contributed by atoms with Crippen molar-refractivity contribution in [2.75, 3.05) is 19.6 Å². The number of hydrogen-bond acceptors (Lipinski definition) is 2. The fourth-order valence-corrected chi connectivity index (χ4v) is 2.82. The Kier molecular flexibility index (Phi) is 3.60. The quantitative estimate of drug-likeness (QED) is 0.766. The van der Waals surface area contributed by atoms with Crippen LogP contribution in [0.5, 0.6) is 0 Å². The van der Waals surface area contributed by atoms with E-state index in [9.17, 15) is 0 Å². The molecule has 2 rings (SSSR count). The molecule has 2 heteroatoms. The van der Waals surface area contributed by atoms with Gasteiger partial charge in [-0.1, -0.05) is 30.7 Å². The van der Waals surface area contributed by atoms with E-state index in [1.807, 2.05) is 0 Å². The second-order valence-electron chi connectivity index (χ2n) is 4.68. The number of hydrogen-bond donors (Lipinski definition) is 1. The van der Waals surface area contributed by atoms with Crippen molar-refractivity contribution in [2.45, 2.75) is 37.6 Å². The summed E-state index contributed by atoms with van der Waals surface area (Å²) in [6, 6.07) is 0. The van der Waals surface area contributed by atoms with Gasteiger partial charge in [-0.2, -0.15) is 0 Å². The number of nitrogens with two attached hydrogens (primary N) is 1. The van der Waals surface area contributed by atoms with E-state index in [0.717, 1.165) is 19.4 Å². The molecule has 1 fully saturated rings. The van der Waals surface area contributed by atoms with Crippen LogP contribution in [-0.4, -0.2) is 30.1 Å². The van der Waals surface area contributed by atoms with Crippen molar-refractivity contribution in [3.8, 4) is 0 Å². The summed E-state index contributed by atoms with van der Waals surface area (Å²) in [5, 5.41) is 0. The van der Waals surface area contributed by atoms with Crippen molar-refractivity contribution < 1.29 is 0 Å². The van der Waals surface area contributed by atoms with Crippen molar-refractivity contribution in [1.29, 1.82) is 0 Å². The molecule has 1 atom stereocenters. The minimum absolute atomic E-state index is 0.240. The molecule has 1 aliphatic heterocycles. The van der Waals surface area contributed by atoms with Crippen LogP contribution in [0.4, 0.5) is 0 Å². The molecule has 2 nitrogen and oxygen atoms in total. The summed E-state index contributed by atoms with van der Waals surface area (Å²) < 4.78 is 0. The number of likely N-dealkylation sites (tertiary alicyclic amines) is 1. The van der Waals surface area contributed by atoms with E-state index in [1.54, 1.807) is 0 Å². The molecule has 0 amide bonds. The zero-order valence-corrected chi connectivity index (χ0v) is 9.49. The van der Waals surface area contributed by atoms with Gasteiger partial charge in [-0.05, 0) is 45.3 Å². The van der Waals surface area contributed by atoms with Gasteiger partial charge in [-0.3, -0.25) is 4.90 Å². The summed E-state index contributed by atoms with van der Waals surface area (Å²) in [7, 11) is 0. The summed E-state index contributed by atoms with van der Waals surface area (Å²) in [6.07, 6.45) is 15.3. The van der Waals surface area contributed by atoms with E-state index < -0.39 is 0 Å². The first-order valence-electron chi connectivity index (χ1n) is 6.17. The molecule has 15 heavy (non-hydrogen) atoms. The van der Waals surface area contributed by atoms with Crippen LogP contribution in [0, 0.1) is 0 Å². The molecule has 0 spiro atoms. The van der Waals surface area contributed by atoms with Crippen LogP contribution in [-0.2, 0) is 0 Å². The molecule has 2 aliphatic rings. The highest BCUT2D eigenvalue weighted by molar-refractivity contribution is 5.21. The van der Waals surface area contributed by atoms with Gasteiger partial charge in [0, 0.05) is 5.54 Å². The van der Waals surface area contributed by atoms with E-state index in [2.05, 4.69) is 29.2 Å². The highest BCUT2D eigenvalue weighted by Crippen LogP contribution is 2.31. The van der Waals surface area contributed by atoms with Crippen molar-refractivity contribution >= 4 is 0 Å². The Balaban J connectivity index is 2.10. The maximum atomic E-state index is 5.77. The summed E-state index contributed by atoms with van der Waals surface area (Å²) in [5.41, 5.74) is 6.01. The Morgan fingerprint density at radius 3 is 2.53 bits per heavy atom. The third kappa shape index (κ3) is 2.32. The third-order valence-electron chi connectivity index (χ3n) is 3.69. The normalized spacial score (nSPS) is 32.1. The lowest BCUT2D eigenvalue weighted by Gasteiger charge is -2.44. The molecule has 2 N–H and O–H groups in total. The smallest absolute Gasteiger partial charge is 0.0440 e. The lowest BCUT2D eigenvalue weighted by molar-refractivity contribution is 0.0992. The Morgan fingerprint density at radius 1 is 1.13 bits per heavy atom. The Labute approximate surface area is 92.8 Å². The molecular formula is C13H22N2. The topological polar surface area (TPSA) is 29.3 Å². The van der Waals surface area contributed by atoms with Gasteiger partial charge in [0.25, 0.3) is 0 Å². The SMILES string of the molecule is NCCC1(N2CCCCC2)C=CC=CC1. The third-order valence-corrected chi connectivity index (χ3v) is 3.69. The highest BCUT2D eigenvalue weighted by atomic mass is 15.2. The van der Waals surface area contributed by atoms with E-state index >= 15 is 0 Å². The molecule has 0 saturated carbocycles. The lowest BCUT2D eigenvalue weighted by atomic mass is 9.84. The van der Waals surface area contributed by atoms with Crippen molar-refractivity contribution in [2.24, 2.45) is 5.73 Å². The van der Waals surface area contributed by atoms with Gasteiger partial charge in [0.1, 0.15) is 0 Å². The zero-order valence-electron chi connectivity index (χ0n) is 9.49. The molecule has 0 radical (unpaired) electrons. The molecule has 84 valence electrons. The number of nitrogens with zero attached hydrogens (tertiary/aromatic N) is 1. The largest absolute Gasteiger partial charge is 0.330 e. The molecule has 0 aromatic carbocycles. The summed E-state index contributed by atoms with van der Waals surface area (Å²) >= 11 is 0. The van der Waals surface area contributed by atoms with Gasteiger partial charge < -0.3 is 5.73 Å². The van der Waals surface area contributed by atoms with Gasteiger partial charge in [-0.15, -0.1) is 0 Å². The van der Waals surface area contributed by atoms with Crippen molar-refractivity contribution in [1.82, 2.24) is 4.90 Å². The van der Waals surface area contributed by atoms with Crippen LogP contribution in [0.1, 0.15) is 32.1 Å². The average molecular weight is 206 g/mol. The second kappa shape index (κ2) is 4.95. The molecule has 0 bridgehead atoms. The van der Waals surface area contributed by atoms with E-state index in [4.69, 9.17) is 5.73 Å². The first-order chi connectivity index (χ1) is 7.37.